The summed E-state index contributed by atoms with van der Waals surface area (Å²) in [5.41, 5.74) is 0. The van der Waals surface area contributed by atoms with E-state index in [2.05, 4.69) is 5.87 Å². The van der Waals surface area contributed by atoms with Crippen molar-refractivity contribution in [2.75, 3.05) is 0 Å². The van der Waals surface area contributed by atoms with Crippen molar-refractivity contribution < 1.29 is 0 Å². The van der Waals surface area contributed by atoms with E-state index in [1.807, 2.05) is 30.3 Å². The summed E-state index contributed by atoms with van der Waals surface area (Å²) in [6.07, 6.45) is 0. The first kappa shape index (κ1) is 6.52. The van der Waals surface area contributed by atoms with Gasteiger partial charge in [-0.2, -0.15) is 0 Å². The number of benzene rings is 1. The topological polar surface area (TPSA) is 26.0 Å². The van der Waals surface area contributed by atoms with Crippen LogP contribution in [0.3, 0.4) is 0 Å². The SMILES string of the molecule is C=S(N)c1ccccc1. The Morgan fingerprint density at radius 1 is 1.22 bits per heavy atom. The van der Waals surface area contributed by atoms with Crippen LogP contribution in [-0.4, -0.2) is 5.87 Å². The van der Waals surface area contributed by atoms with Gasteiger partial charge in [-0.1, -0.05) is 34.7 Å². The van der Waals surface area contributed by atoms with Gasteiger partial charge in [0.1, 0.15) is 0 Å². The van der Waals surface area contributed by atoms with Crippen LogP contribution in [0.25, 0.3) is 0 Å². The van der Waals surface area contributed by atoms with E-state index in [0.29, 0.717) is 0 Å². The molecule has 1 unspecified atom stereocenters. The van der Waals surface area contributed by atoms with Crippen LogP contribution in [0.15, 0.2) is 35.2 Å². The molecule has 2 heteroatoms. The molecular formula is C7H9NS. The summed E-state index contributed by atoms with van der Waals surface area (Å²) in [6, 6.07) is 9.86. The van der Waals surface area contributed by atoms with Gasteiger partial charge in [0.2, 0.25) is 0 Å². The Kier molecular flexibility index (Phi) is 2.03. The third-order valence-corrected chi connectivity index (χ3v) is 1.92. The van der Waals surface area contributed by atoms with Crippen LogP contribution in [0.5, 0.6) is 0 Å². The highest BCUT2D eigenvalue weighted by atomic mass is 32.2. The molecule has 0 aromatic heterocycles. The average Bonchev–Trinajstić information content (AvgIpc) is 1.90. The molecule has 0 radical (unpaired) electrons. The highest BCUT2D eigenvalue weighted by molar-refractivity contribution is 8.12. The molecule has 0 aliphatic rings. The van der Waals surface area contributed by atoms with E-state index in [1.165, 1.54) is 0 Å². The fraction of sp³-hybridized carbons (Fsp3) is 0. The standard InChI is InChI=1S/C7H9NS/c1-9(8)7-5-3-2-4-6-7/h2-6H,1,8H2. The van der Waals surface area contributed by atoms with Crippen LogP contribution in [0.4, 0.5) is 0 Å². The molecule has 0 bridgehead atoms. The lowest BCUT2D eigenvalue weighted by molar-refractivity contribution is 1.46. The minimum absolute atomic E-state index is 0.329. The van der Waals surface area contributed by atoms with Gasteiger partial charge in [-0.05, 0) is 12.1 Å². The van der Waals surface area contributed by atoms with Gasteiger partial charge in [0.05, 0.1) is 0 Å². The monoisotopic (exact) mass is 139 g/mol. The van der Waals surface area contributed by atoms with Gasteiger partial charge in [-0.15, -0.1) is 0 Å². The first-order valence-electron chi connectivity index (χ1n) is 2.64. The molecule has 0 heterocycles. The molecule has 0 saturated carbocycles. The minimum atomic E-state index is -0.329. The van der Waals surface area contributed by atoms with Crippen molar-refractivity contribution >= 4 is 16.5 Å². The lowest BCUT2D eigenvalue weighted by atomic mass is 10.4. The van der Waals surface area contributed by atoms with E-state index in [0.717, 1.165) is 4.90 Å². The number of rotatable bonds is 1. The second-order valence-corrected chi connectivity index (χ2v) is 3.07. The Morgan fingerprint density at radius 3 is 2.11 bits per heavy atom. The fourth-order valence-electron chi connectivity index (χ4n) is 0.595. The highest BCUT2D eigenvalue weighted by Crippen LogP contribution is 2.14. The quantitative estimate of drug-likeness (QED) is 0.588. The molecule has 0 spiro atoms. The summed E-state index contributed by atoms with van der Waals surface area (Å²) < 4.78 is 0. The maximum Gasteiger partial charge on any atom is 0.0149 e. The molecule has 1 atom stereocenters. The van der Waals surface area contributed by atoms with E-state index in [-0.39, 0.29) is 10.7 Å². The molecule has 9 heavy (non-hydrogen) atoms. The molecule has 0 saturated heterocycles. The second-order valence-electron chi connectivity index (χ2n) is 1.74. The summed E-state index contributed by atoms with van der Waals surface area (Å²) >= 11 is 0. The first-order valence-corrected chi connectivity index (χ1v) is 4.10. The van der Waals surface area contributed by atoms with Crippen molar-refractivity contribution in [3.8, 4) is 0 Å². The van der Waals surface area contributed by atoms with Gasteiger partial charge >= 0.3 is 0 Å². The van der Waals surface area contributed by atoms with Crippen LogP contribution in [-0.2, 0) is 0 Å². The Morgan fingerprint density at radius 2 is 1.78 bits per heavy atom. The minimum Gasteiger partial charge on any atom is -0.280 e. The maximum absolute atomic E-state index is 5.53. The van der Waals surface area contributed by atoms with E-state index < -0.39 is 0 Å². The van der Waals surface area contributed by atoms with Gasteiger partial charge in [0, 0.05) is 4.90 Å². The Bertz CT molecular complexity index is 205. The molecule has 0 aliphatic carbocycles. The van der Waals surface area contributed by atoms with Crippen molar-refractivity contribution in [3.05, 3.63) is 30.3 Å². The first-order chi connectivity index (χ1) is 4.30. The van der Waals surface area contributed by atoms with Gasteiger partial charge in [-0.3, -0.25) is 5.14 Å². The third-order valence-electron chi connectivity index (χ3n) is 1.05. The van der Waals surface area contributed by atoms with E-state index in [1.54, 1.807) is 0 Å². The largest absolute Gasteiger partial charge is 0.280 e. The van der Waals surface area contributed by atoms with Gasteiger partial charge in [-0.25, -0.2) is 0 Å². The Balaban J connectivity index is 2.98. The molecule has 1 nitrogen and oxygen atoms in total. The van der Waals surface area contributed by atoms with E-state index >= 15 is 0 Å². The van der Waals surface area contributed by atoms with Crippen LogP contribution in [0.2, 0.25) is 0 Å². The molecule has 0 aliphatic heterocycles. The molecular weight excluding hydrogens is 130 g/mol. The molecule has 0 fully saturated rings. The van der Waals surface area contributed by atoms with Crippen molar-refractivity contribution in [2.45, 2.75) is 4.90 Å². The number of hydrogen-bond acceptors (Lipinski definition) is 1. The third kappa shape index (κ3) is 1.66. The number of hydrogen-bond donors (Lipinski definition) is 1. The van der Waals surface area contributed by atoms with Gasteiger partial charge in [0.25, 0.3) is 0 Å². The van der Waals surface area contributed by atoms with Crippen molar-refractivity contribution in [1.82, 2.24) is 0 Å². The van der Waals surface area contributed by atoms with Crippen molar-refractivity contribution in [3.63, 3.8) is 0 Å². The summed E-state index contributed by atoms with van der Waals surface area (Å²) in [7, 11) is -0.329. The average molecular weight is 139 g/mol. The van der Waals surface area contributed by atoms with E-state index in [4.69, 9.17) is 5.14 Å². The summed E-state index contributed by atoms with van der Waals surface area (Å²) in [4.78, 5) is 1.11. The predicted molar refractivity (Wildman–Crippen MR) is 43.6 cm³/mol. The van der Waals surface area contributed by atoms with Crippen LogP contribution in [0.1, 0.15) is 0 Å². The van der Waals surface area contributed by atoms with Crippen molar-refractivity contribution in [1.29, 1.82) is 0 Å². The van der Waals surface area contributed by atoms with Crippen molar-refractivity contribution in [2.24, 2.45) is 5.14 Å². The Hall–Kier alpha value is -0.600. The highest BCUT2D eigenvalue weighted by Gasteiger charge is 1.85. The molecule has 1 rings (SSSR count). The molecule has 0 amide bonds. The molecule has 1 aromatic carbocycles. The molecule has 1 aromatic rings. The van der Waals surface area contributed by atoms with Crippen LogP contribution >= 0.6 is 10.7 Å². The zero-order valence-electron chi connectivity index (χ0n) is 5.08. The van der Waals surface area contributed by atoms with Gasteiger partial charge in [0.15, 0.2) is 0 Å². The van der Waals surface area contributed by atoms with Crippen LogP contribution < -0.4 is 5.14 Å². The lowest BCUT2D eigenvalue weighted by Gasteiger charge is -1.96. The zero-order chi connectivity index (χ0) is 6.69. The Labute approximate surface area is 57.6 Å². The summed E-state index contributed by atoms with van der Waals surface area (Å²) in [6.45, 7) is 0. The zero-order valence-corrected chi connectivity index (χ0v) is 5.90. The number of nitrogens with two attached hydrogens (primary N) is 1. The van der Waals surface area contributed by atoms with Gasteiger partial charge < -0.3 is 0 Å². The molecule has 2 N–H and O–H groups in total. The predicted octanol–water partition coefficient (Wildman–Crippen LogP) is 1.62. The maximum atomic E-state index is 5.53. The van der Waals surface area contributed by atoms with E-state index in [9.17, 15) is 0 Å². The summed E-state index contributed by atoms with van der Waals surface area (Å²) in [5.74, 6) is 3.71. The molecule has 48 valence electrons. The second kappa shape index (κ2) is 2.80. The smallest absolute Gasteiger partial charge is 0.0149 e. The fourth-order valence-corrected chi connectivity index (χ4v) is 1.10. The lowest BCUT2D eigenvalue weighted by Crippen LogP contribution is -1.82. The summed E-state index contributed by atoms with van der Waals surface area (Å²) in [5, 5.41) is 5.53. The normalized spacial score (nSPS) is 13.0. The van der Waals surface area contributed by atoms with Crippen LogP contribution in [0, 0.1) is 0 Å².